The summed E-state index contributed by atoms with van der Waals surface area (Å²) < 4.78 is 0. The summed E-state index contributed by atoms with van der Waals surface area (Å²) in [7, 11) is 0. The molecule has 0 bridgehead atoms. The Morgan fingerprint density at radius 3 is 2.62 bits per heavy atom. The molecule has 5 nitrogen and oxygen atoms in total. The number of anilines is 1. The Hall–Kier alpha value is -1.77. The highest BCUT2D eigenvalue weighted by molar-refractivity contribution is 6.33. The van der Waals surface area contributed by atoms with E-state index in [0.717, 1.165) is 19.5 Å². The predicted molar refractivity (Wildman–Crippen MR) is 83.3 cm³/mol. The number of hydrogen-bond donors (Lipinski definition) is 1. The molecule has 0 spiro atoms. The summed E-state index contributed by atoms with van der Waals surface area (Å²) in [5, 5.41) is 12.4. The zero-order valence-corrected chi connectivity index (χ0v) is 12.8. The van der Waals surface area contributed by atoms with E-state index in [9.17, 15) is 4.79 Å². The van der Waals surface area contributed by atoms with Crippen LogP contribution >= 0.6 is 11.6 Å². The van der Waals surface area contributed by atoms with Crippen molar-refractivity contribution >= 4 is 23.3 Å². The van der Waals surface area contributed by atoms with Crippen LogP contribution in [-0.2, 0) is 0 Å². The highest BCUT2D eigenvalue weighted by Gasteiger charge is 2.25. The second-order valence-corrected chi connectivity index (χ2v) is 5.39. The van der Waals surface area contributed by atoms with Gasteiger partial charge in [0.1, 0.15) is 0 Å². The maximum absolute atomic E-state index is 12.2. The Morgan fingerprint density at radius 1 is 1.38 bits per heavy atom. The van der Waals surface area contributed by atoms with E-state index >= 15 is 0 Å². The van der Waals surface area contributed by atoms with Crippen LogP contribution in [0.1, 0.15) is 13.3 Å². The summed E-state index contributed by atoms with van der Waals surface area (Å²) in [6, 6.07) is 9.28. The van der Waals surface area contributed by atoms with Gasteiger partial charge in [-0.2, -0.15) is 5.26 Å². The van der Waals surface area contributed by atoms with Crippen LogP contribution in [0.4, 0.5) is 10.5 Å². The van der Waals surface area contributed by atoms with Crippen LogP contribution in [0, 0.1) is 11.3 Å². The molecule has 1 aliphatic rings. The third kappa shape index (κ3) is 3.87. The van der Waals surface area contributed by atoms with Gasteiger partial charge in [0.25, 0.3) is 0 Å². The van der Waals surface area contributed by atoms with Crippen molar-refractivity contribution in [2.45, 2.75) is 19.4 Å². The van der Waals surface area contributed by atoms with Crippen LogP contribution in [0.15, 0.2) is 24.3 Å². The molecule has 1 unspecified atom stereocenters. The first-order valence-electron chi connectivity index (χ1n) is 7.09. The summed E-state index contributed by atoms with van der Waals surface area (Å²) >= 11 is 6.03. The molecule has 1 aromatic carbocycles. The molecule has 1 fully saturated rings. The van der Waals surface area contributed by atoms with Crippen LogP contribution in [0.25, 0.3) is 0 Å². The lowest BCUT2D eigenvalue weighted by Crippen LogP contribution is -2.52. The van der Waals surface area contributed by atoms with Crippen LogP contribution in [0.3, 0.4) is 0 Å². The topological polar surface area (TPSA) is 59.4 Å². The van der Waals surface area contributed by atoms with Crippen molar-refractivity contribution in [1.82, 2.24) is 9.80 Å². The first-order valence-corrected chi connectivity index (χ1v) is 7.47. The Balaban J connectivity index is 1.89. The fraction of sp³-hybridized carbons (Fsp3) is 0.467. The van der Waals surface area contributed by atoms with Crippen molar-refractivity contribution < 1.29 is 4.79 Å². The van der Waals surface area contributed by atoms with Gasteiger partial charge >= 0.3 is 6.03 Å². The van der Waals surface area contributed by atoms with E-state index in [4.69, 9.17) is 16.9 Å². The Kier molecular flexibility index (Phi) is 5.43. The first kappa shape index (κ1) is 15.6. The first-order chi connectivity index (χ1) is 10.2. The quantitative estimate of drug-likeness (QED) is 0.934. The molecule has 2 amide bonds. The van der Waals surface area contributed by atoms with Crippen molar-refractivity contribution in [2.75, 3.05) is 31.5 Å². The van der Waals surface area contributed by atoms with E-state index < -0.39 is 0 Å². The lowest BCUT2D eigenvalue weighted by atomic mass is 10.2. The lowest BCUT2D eigenvalue weighted by molar-refractivity contribution is 0.129. The van der Waals surface area contributed by atoms with Gasteiger partial charge in [0.15, 0.2) is 0 Å². The molecule has 1 atom stereocenters. The summed E-state index contributed by atoms with van der Waals surface area (Å²) in [6.45, 7) is 4.69. The molecule has 0 radical (unpaired) electrons. The van der Waals surface area contributed by atoms with Gasteiger partial charge in [0, 0.05) is 26.2 Å². The van der Waals surface area contributed by atoms with Crippen molar-refractivity contribution in [2.24, 2.45) is 0 Å². The number of hydrogen-bond acceptors (Lipinski definition) is 3. The minimum atomic E-state index is -0.146. The number of benzene rings is 1. The standard InChI is InChI=1S/C15H19ClN4O/c1-2-12(11-17)19-7-9-20(10-8-19)15(21)18-14-6-4-3-5-13(14)16/h3-6,12H,2,7-10H2,1H3,(H,18,21). The van der Waals surface area contributed by atoms with Gasteiger partial charge in [-0.05, 0) is 18.6 Å². The van der Waals surface area contributed by atoms with Crippen LogP contribution in [0.5, 0.6) is 0 Å². The average Bonchev–Trinajstić information content (AvgIpc) is 2.51. The number of halogens is 1. The van der Waals surface area contributed by atoms with Crippen molar-refractivity contribution in [3.05, 3.63) is 29.3 Å². The predicted octanol–water partition coefficient (Wildman–Crippen LogP) is 2.79. The molecule has 0 aromatic heterocycles. The number of rotatable bonds is 3. The number of urea groups is 1. The Morgan fingerprint density at radius 2 is 2.05 bits per heavy atom. The van der Waals surface area contributed by atoms with E-state index in [2.05, 4.69) is 16.3 Å². The van der Waals surface area contributed by atoms with Crippen molar-refractivity contribution in [1.29, 1.82) is 5.26 Å². The summed E-state index contributed by atoms with van der Waals surface area (Å²) in [6.07, 6.45) is 0.808. The summed E-state index contributed by atoms with van der Waals surface area (Å²) in [5.41, 5.74) is 0.620. The van der Waals surface area contributed by atoms with Gasteiger partial charge in [0.2, 0.25) is 0 Å². The molecule has 1 aromatic rings. The number of amides is 2. The van der Waals surface area contributed by atoms with Crippen LogP contribution in [0.2, 0.25) is 5.02 Å². The molecule has 1 heterocycles. The molecular formula is C15H19ClN4O. The molecular weight excluding hydrogens is 288 g/mol. The van der Waals surface area contributed by atoms with Gasteiger partial charge in [-0.25, -0.2) is 4.79 Å². The minimum Gasteiger partial charge on any atom is -0.322 e. The van der Waals surface area contributed by atoms with E-state index in [1.165, 1.54) is 0 Å². The molecule has 6 heteroatoms. The highest BCUT2D eigenvalue weighted by atomic mass is 35.5. The maximum atomic E-state index is 12.2. The second kappa shape index (κ2) is 7.30. The van der Waals surface area contributed by atoms with E-state index in [1.54, 1.807) is 17.0 Å². The number of para-hydroxylation sites is 1. The van der Waals surface area contributed by atoms with E-state index in [-0.39, 0.29) is 12.1 Å². The van der Waals surface area contributed by atoms with Crippen molar-refractivity contribution in [3.63, 3.8) is 0 Å². The summed E-state index contributed by atoms with van der Waals surface area (Å²) in [5.74, 6) is 0. The number of carbonyl (C=O) groups excluding carboxylic acids is 1. The smallest absolute Gasteiger partial charge is 0.321 e. The molecule has 112 valence electrons. The van der Waals surface area contributed by atoms with Crippen LogP contribution < -0.4 is 5.32 Å². The molecule has 1 aliphatic heterocycles. The number of piperazine rings is 1. The largest absolute Gasteiger partial charge is 0.322 e. The van der Waals surface area contributed by atoms with Gasteiger partial charge in [-0.1, -0.05) is 30.7 Å². The minimum absolute atomic E-state index is 0.0567. The van der Waals surface area contributed by atoms with E-state index in [0.29, 0.717) is 23.8 Å². The molecule has 0 saturated carbocycles. The van der Waals surface area contributed by atoms with Crippen LogP contribution in [-0.4, -0.2) is 48.1 Å². The monoisotopic (exact) mass is 306 g/mol. The zero-order valence-electron chi connectivity index (χ0n) is 12.1. The second-order valence-electron chi connectivity index (χ2n) is 4.99. The third-order valence-corrected chi connectivity index (χ3v) is 4.02. The number of carbonyl (C=O) groups is 1. The summed E-state index contributed by atoms with van der Waals surface area (Å²) in [4.78, 5) is 16.1. The lowest BCUT2D eigenvalue weighted by Gasteiger charge is -2.36. The number of nitriles is 1. The van der Waals surface area contributed by atoms with Crippen molar-refractivity contribution in [3.8, 4) is 6.07 Å². The highest BCUT2D eigenvalue weighted by Crippen LogP contribution is 2.21. The fourth-order valence-electron chi connectivity index (χ4n) is 2.42. The fourth-order valence-corrected chi connectivity index (χ4v) is 2.61. The zero-order chi connectivity index (χ0) is 15.2. The average molecular weight is 307 g/mol. The van der Waals surface area contributed by atoms with Gasteiger partial charge in [-0.15, -0.1) is 0 Å². The van der Waals surface area contributed by atoms with Gasteiger partial charge in [-0.3, -0.25) is 4.90 Å². The molecule has 21 heavy (non-hydrogen) atoms. The SMILES string of the molecule is CCC(C#N)N1CCN(C(=O)Nc2ccccc2Cl)CC1. The number of nitrogens with one attached hydrogen (secondary N) is 1. The molecule has 1 N–H and O–H groups in total. The molecule has 0 aliphatic carbocycles. The van der Waals surface area contributed by atoms with E-state index in [1.807, 2.05) is 19.1 Å². The molecule has 1 saturated heterocycles. The number of nitrogens with zero attached hydrogens (tertiary/aromatic N) is 3. The Bertz CT molecular complexity index is 535. The van der Waals surface area contributed by atoms with Gasteiger partial charge < -0.3 is 10.2 Å². The third-order valence-electron chi connectivity index (χ3n) is 3.69. The normalized spacial score (nSPS) is 17.1. The maximum Gasteiger partial charge on any atom is 0.321 e. The van der Waals surface area contributed by atoms with Gasteiger partial charge in [0.05, 0.1) is 22.8 Å². The molecule has 2 rings (SSSR count). The Labute approximate surface area is 130 Å².